The summed E-state index contributed by atoms with van der Waals surface area (Å²) in [6, 6.07) is 19.3. The van der Waals surface area contributed by atoms with Crippen LogP contribution in [0.15, 0.2) is 66.7 Å². The van der Waals surface area contributed by atoms with Gasteiger partial charge in [-0.3, -0.25) is 0 Å². The number of ether oxygens (including phenoxy) is 1. The predicted molar refractivity (Wildman–Crippen MR) is 116 cm³/mol. The van der Waals surface area contributed by atoms with E-state index in [1.165, 1.54) is 6.07 Å². The molecule has 0 spiro atoms. The van der Waals surface area contributed by atoms with Crippen LogP contribution in [0.25, 0.3) is 11.1 Å². The van der Waals surface area contributed by atoms with E-state index in [1.54, 1.807) is 0 Å². The summed E-state index contributed by atoms with van der Waals surface area (Å²) in [5.41, 5.74) is 8.98. The molecule has 4 rings (SSSR count). The number of anilines is 1. The van der Waals surface area contributed by atoms with E-state index in [4.69, 9.17) is 10.5 Å². The molecule has 0 unspecified atom stereocenters. The molecule has 7 heteroatoms. The molecule has 0 fully saturated rings. The second-order valence-corrected chi connectivity index (χ2v) is 7.28. The maximum Gasteiger partial charge on any atom is 0.418 e. The van der Waals surface area contributed by atoms with Gasteiger partial charge in [0.05, 0.1) is 12.1 Å². The van der Waals surface area contributed by atoms with E-state index in [0.717, 1.165) is 34.4 Å². The fourth-order valence-electron chi connectivity index (χ4n) is 3.81. The van der Waals surface area contributed by atoms with Gasteiger partial charge in [-0.25, -0.2) is 4.79 Å². The number of nitrogens with one attached hydrogen (secondary N) is 1. The molecule has 3 aromatic carbocycles. The first-order valence-electron chi connectivity index (χ1n) is 9.89. The average Bonchev–Trinajstić information content (AvgIpc) is 3.08. The number of fused-ring (bicyclic) bond motifs is 3. The number of benzene rings is 3. The second kappa shape index (κ2) is 8.67. The Hall–Kier alpha value is -3.92. The average molecular weight is 436 g/mol. The lowest BCUT2D eigenvalue weighted by molar-refractivity contribution is -0.136. The van der Waals surface area contributed by atoms with Gasteiger partial charge in [0.1, 0.15) is 6.61 Å². The van der Waals surface area contributed by atoms with E-state index in [1.807, 2.05) is 36.4 Å². The summed E-state index contributed by atoms with van der Waals surface area (Å²) in [6.07, 6.45) is -5.13. The molecule has 162 valence electrons. The topological polar surface area (TPSA) is 64.3 Å². The molecule has 0 aromatic heterocycles. The van der Waals surface area contributed by atoms with Crippen molar-refractivity contribution in [2.45, 2.75) is 12.1 Å². The van der Waals surface area contributed by atoms with Crippen molar-refractivity contribution in [2.75, 3.05) is 18.9 Å². The number of alkyl carbamates (subject to hydrolysis) is 1. The summed E-state index contributed by atoms with van der Waals surface area (Å²) in [5, 5.41) is 2.53. The molecule has 3 aromatic rings. The predicted octanol–water partition coefficient (Wildman–Crippen LogP) is 5.18. The minimum atomic E-state index is -4.51. The molecular weight excluding hydrogens is 417 g/mol. The Kier molecular flexibility index (Phi) is 5.78. The second-order valence-electron chi connectivity index (χ2n) is 7.28. The third kappa shape index (κ3) is 4.40. The van der Waals surface area contributed by atoms with Gasteiger partial charge in [0.25, 0.3) is 0 Å². The van der Waals surface area contributed by atoms with Crippen molar-refractivity contribution >= 4 is 11.8 Å². The van der Waals surface area contributed by atoms with Crippen molar-refractivity contribution < 1.29 is 22.7 Å². The number of carbonyl (C=O) groups excluding carboxylic acids is 1. The molecule has 1 aliphatic rings. The first-order valence-corrected chi connectivity index (χ1v) is 9.89. The molecule has 1 aliphatic carbocycles. The summed E-state index contributed by atoms with van der Waals surface area (Å²) in [6.45, 7) is 0.167. The highest BCUT2D eigenvalue weighted by molar-refractivity contribution is 5.79. The summed E-state index contributed by atoms with van der Waals surface area (Å²) in [4.78, 5) is 12.1. The molecule has 0 radical (unpaired) electrons. The molecule has 0 aliphatic heterocycles. The number of carbonyl (C=O) groups is 1. The number of hydrogen-bond donors (Lipinski definition) is 2. The normalized spacial score (nSPS) is 12.3. The minimum absolute atomic E-state index is 0.0163. The summed E-state index contributed by atoms with van der Waals surface area (Å²) in [5.74, 6) is 5.31. The van der Waals surface area contributed by atoms with E-state index in [2.05, 4.69) is 29.3 Å². The van der Waals surface area contributed by atoms with Crippen molar-refractivity contribution in [3.63, 3.8) is 0 Å². The van der Waals surface area contributed by atoms with Gasteiger partial charge in [-0.2, -0.15) is 13.2 Å². The van der Waals surface area contributed by atoms with Crippen LogP contribution in [0.3, 0.4) is 0 Å². The van der Waals surface area contributed by atoms with E-state index >= 15 is 0 Å². The van der Waals surface area contributed by atoms with Gasteiger partial charge in [0.2, 0.25) is 0 Å². The van der Waals surface area contributed by atoms with E-state index < -0.39 is 23.5 Å². The summed E-state index contributed by atoms with van der Waals surface area (Å²) < 4.78 is 43.6. The van der Waals surface area contributed by atoms with Crippen LogP contribution >= 0.6 is 0 Å². The molecule has 32 heavy (non-hydrogen) atoms. The van der Waals surface area contributed by atoms with E-state index in [9.17, 15) is 18.0 Å². The lowest BCUT2D eigenvalue weighted by atomic mass is 9.98. The Bertz CT molecular complexity index is 1180. The lowest BCUT2D eigenvalue weighted by Crippen LogP contribution is -2.26. The van der Waals surface area contributed by atoms with Crippen LogP contribution in [0, 0.1) is 11.8 Å². The number of nitrogen functional groups attached to an aromatic ring is 1. The van der Waals surface area contributed by atoms with Crippen molar-refractivity contribution in [2.24, 2.45) is 0 Å². The van der Waals surface area contributed by atoms with Crippen LogP contribution in [-0.4, -0.2) is 19.2 Å². The fraction of sp³-hybridized carbons (Fsp3) is 0.160. The Labute approximate surface area is 183 Å². The third-order valence-corrected chi connectivity index (χ3v) is 5.25. The number of rotatable bonds is 3. The van der Waals surface area contributed by atoms with Gasteiger partial charge in [0.15, 0.2) is 0 Å². The third-order valence-electron chi connectivity index (χ3n) is 5.25. The Morgan fingerprint density at radius 2 is 1.62 bits per heavy atom. The molecule has 0 saturated carbocycles. The number of alkyl halides is 3. The Morgan fingerprint density at radius 1 is 1.00 bits per heavy atom. The van der Waals surface area contributed by atoms with E-state index in [0.29, 0.717) is 5.56 Å². The molecular formula is C25H19F3N2O2. The molecule has 3 N–H and O–H groups in total. The first-order chi connectivity index (χ1) is 15.3. The highest BCUT2D eigenvalue weighted by Gasteiger charge is 2.32. The van der Waals surface area contributed by atoms with Crippen LogP contribution in [0.4, 0.5) is 23.7 Å². The summed E-state index contributed by atoms with van der Waals surface area (Å²) in [7, 11) is 0. The minimum Gasteiger partial charge on any atom is -0.449 e. The van der Waals surface area contributed by atoms with Crippen molar-refractivity contribution in [1.29, 1.82) is 0 Å². The SMILES string of the molecule is Nc1cc(C#CCNC(=O)OCC2c3ccccc3-c3ccccc32)ccc1C(F)(F)F. The number of hydrogen-bond acceptors (Lipinski definition) is 3. The van der Waals surface area contributed by atoms with Crippen molar-refractivity contribution in [3.05, 3.63) is 89.0 Å². The van der Waals surface area contributed by atoms with Gasteiger partial charge in [-0.05, 0) is 40.5 Å². The van der Waals surface area contributed by atoms with Gasteiger partial charge >= 0.3 is 12.3 Å². The van der Waals surface area contributed by atoms with Crippen LogP contribution in [0.2, 0.25) is 0 Å². The molecule has 0 atom stereocenters. The number of halogens is 3. The highest BCUT2D eigenvalue weighted by Crippen LogP contribution is 2.44. The number of amides is 1. The molecule has 0 bridgehead atoms. The summed E-state index contributed by atoms with van der Waals surface area (Å²) >= 11 is 0. The van der Waals surface area contributed by atoms with Gasteiger partial charge in [-0.1, -0.05) is 60.4 Å². The van der Waals surface area contributed by atoms with Crippen LogP contribution in [0.1, 0.15) is 28.2 Å². The zero-order chi connectivity index (χ0) is 22.7. The Morgan fingerprint density at radius 3 is 2.22 bits per heavy atom. The monoisotopic (exact) mass is 436 g/mol. The molecule has 4 nitrogen and oxygen atoms in total. The fourth-order valence-corrected chi connectivity index (χ4v) is 3.81. The quantitative estimate of drug-likeness (QED) is 0.439. The number of nitrogens with two attached hydrogens (primary N) is 1. The zero-order valence-electron chi connectivity index (χ0n) is 16.9. The zero-order valence-corrected chi connectivity index (χ0v) is 16.9. The van der Waals surface area contributed by atoms with Crippen LogP contribution in [-0.2, 0) is 10.9 Å². The van der Waals surface area contributed by atoms with Gasteiger partial charge in [-0.15, -0.1) is 0 Å². The highest BCUT2D eigenvalue weighted by atomic mass is 19.4. The first kappa shape index (κ1) is 21.3. The van der Waals surface area contributed by atoms with Crippen LogP contribution < -0.4 is 11.1 Å². The smallest absolute Gasteiger partial charge is 0.418 e. The van der Waals surface area contributed by atoms with Crippen LogP contribution in [0.5, 0.6) is 0 Å². The Balaban J connectivity index is 1.33. The lowest BCUT2D eigenvalue weighted by Gasteiger charge is -2.14. The van der Waals surface area contributed by atoms with Crippen molar-refractivity contribution in [1.82, 2.24) is 5.32 Å². The van der Waals surface area contributed by atoms with Gasteiger partial charge < -0.3 is 15.8 Å². The largest absolute Gasteiger partial charge is 0.449 e. The molecule has 0 heterocycles. The molecule has 1 amide bonds. The van der Waals surface area contributed by atoms with Gasteiger partial charge in [0, 0.05) is 17.2 Å². The van der Waals surface area contributed by atoms with Crippen molar-refractivity contribution in [3.8, 4) is 23.0 Å². The maximum absolute atomic E-state index is 12.7. The standard InChI is InChI=1S/C25H19F3N2O2/c26-25(27,28)22-12-11-16(14-23(22)29)6-5-13-30-24(31)32-15-21-19-9-3-1-7-17(19)18-8-2-4-10-20(18)21/h1-4,7-12,14,21H,13,15,29H2,(H,30,31). The molecule has 0 saturated heterocycles. The maximum atomic E-state index is 12.7. The van der Waals surface area contributed by atoms with E-state index in [-0.39, 0.29) is 19.1 Å².